The van der Waals surface area contributed by atoms with Gasteiger partial charge < -0.3 is 9.47 Å². The molecular weight excluding hydrogens is 316 g/mol. The number of ketones is 1. The fraction of sp³-hybridized carbons (Fsp3) is 0.150. The molecule has 3 aromatic rings. The number of hydrogen-bond donors (Lipinski definition) is 0. The average Bonchev–Trinajstić information content (AvgIpc) is 2.63. The van der Waals surface area contributed by atoms with Gasteiger partial charge in [0, 0.05) is 24.0 Å². The molecule has 0 atom stereocenters. The Morgan fingerprint density at radius 3 is 2.24 bits per heavy atom. The molecule has 0 bridgehead atoms. The standard InChI is InChI=1S/C20H18N2O3/c1-13-4-6-15(7-5-13)16-11-21-20(22-12-16)25-19-10-17(24-3)8-9-18(19)14(2)23/h4-12H,1-3H3. The van der Waals surface area contributed by atoms with Crippen LogP contribution in [0, 0.1) is 6.92 Å². The Morgan fingerprint density at radius 1 is 0.960 bits per heavy atom. The number of carbonyl (C=O) groups excluding carboxylic acids is 1. The summed E-state index contributed by atoms with van der Waals surface area (Å²) < 4.78 is 10.9. The molecule has 0 fully saturated rings. The van der Waals surface area contributed by atoms with Gasteiger partial charge in [-0.05, 0) is 31.5 Å². The first-order chi connectivity index (χ1) is 12.1. The van der Waals surface area contributed by atoms with Crippen LogP contribution in [0.15, 0.2) is 54.9 Å². The molecule has 126 valence electrons. The molecule has 0 saturated carbocycles. The van der Waals surface area contributed by atoms with Crippen molar-refractivity contribution in [1.29, 1.82) is 0 Å². The fourth-order valence-corrected chi connectivity index (χ4v) is 2.37. The minimum atomic E-state index is -0.103. The summed E-state index contributed by atoms with van der Waals surface area (Å²) in [7, 11) is 1.55. The number of ether oxygens (including phenoxy) is 2. The molecule has 0 spiro atoms. The van der Waals surface area contributed by atoms with Gasteiger partial charge in [0.1, 0.15) is 11.5 Å². The van der Waals surface area contributed by atoms with Crippen LogP contribution in [0.3, 0.4) is 0 Å². The van der Waals surface area contributed by atoms with Crippen molar-refractivity contribution in [2.24, 2.45) is 0 Å². The molecule has 1 aromatic heterocycles. The molecule has 5 nitrogen and oxygen atoms in total. The quantitative estimate of drug-likeness (QED) is 0.645. The van der Waals surface area contributed by atoms with E-state index in [1.807, 2.05) is 31.2 Å². The largest absolute Gasteiger partial charge is 0.497 e. The molecule has 0 N–H and O–H groups in total. The zero-order valence-electron chi connectivity index (χ0n) is 14.3. The van der Waals surface area contributed by atoms with E-state index in [1.54, 1.807) is 37.7 Å². The first-order valence-corrected chi connectivity index (χ1v) is 7.83. The van der Waals surface area contributed by atoms with Crippen molar-refractivity contribution in [3.05, 3.63) is 66.0 Å². The number of carbonyl (C=O) groups is 1. The van der Waals surface area contributed by atoms with E-state index in [0.717, 1.165) is 11.1 Å². The van der Waals surface area contributed by atoms with E-state index < -0.39 is 0 Å². The number of benzene rings is 2. The smallest absolute Gasteiger partial charge is 0.321 e. The van der Waals surface area contributed by atoms with Gasteiger partial charge in [-0.25, -0.2) is 9.97 Å². The lowest BCUT2D eigenvalue weighted by atomic mass is 10.1. The predicted octanol–water partition coefficient (Wildman–Crippen LogP) is 4.46. The zero-order valence-corrected chi connectivity index (χ0v) is 14.3. The van der Waals surface area contributed by atoms with E-state index >= 15 is 0 Å². The lowest BCUT2D eigenvalue weighted by Crippen LogP contribution is -2.00. The van der Waals surface area contributed by atoms with Gasteiger partial charge in [-0.15, -0.1) is 0 Å². The highest BCUT2D eigenvalue weighted by molar-refractivity contribution is 5.97. The molecule has 0 unspecified atom stereocenters. The van der Waals surface area contributed by atoms with Crippen molar-refractivity contribution in [2.75, 3.05) is 7.11 Å². The summed E-state index contributed by atoms with van der Waals surface area (Å²) in [6.07, 6.45) is 3.39. The summed E-state index contributed by atoms with van der Waals surface area (Å²) in [5.74, 6) is 0.861. The van der Waals surface area contributed by atoms with Gasteiger partial charge in [-0.1, -0.05) is 29.8 Å². The Bertz CT molecular complexity index is 888. The topological polar surface area (TPSA) is 61.3 Å². The van der Waals surface area contributed by atoms with Crippen LogP contribution in [0.1, 0.15) is 22.8 Å². The highest BCUT2D eigenvalue weighted by Gasteiger charge is 2.12. The van der Waals surface area contributed by atoms with Crippen molar-refractivity contribution in [3.8, 4) is 28.6 Å². The van der Waals surface area contributed by atoms with Gasteiger partial charge in [0.05, 0.1) is 12.7 Å². The zero-order chi connectivity index (χ0) is 17.8. The summed E-state index contributed by atoms with van der Waals surface area (Å²) in [6.45, 7) is 3.52. The van der Waals surface area contributed by atoms with Crippen molar-refractivity contribution < 1.29 is 14.3 Å². The van der Waals surface area contributed by atoms with Crippen LogP contribution in [0.4, 0.5) is 0 Å². The normalized spacial score (nSPS) is 10.4. The molecule has 0 radical (unpaired) electrons. The first kappa shape index (κ1) is 16.6. The molecule has 3 rings (SSSR count). The Kier molecular flexibility index (Phi) is 4.75. The van der Waals surface area contributed by atoms with E-state index in [-0.39, 0.29) is 11.8 Å². The van der Waals surface area contributed by atoms with Crippen LogP contribution in [0.2, 0.25) is 0 Å². The van der Waals surface area contributed by atoms with Crippen molar-refractivity contribution in [3.63, 3.8) is 0 Å². The minimum absolute atomic E-state index is 0.103. The highest BCUT2D eigenvalue weighted by Crippen LogP contribution is 2.29. The number of hydrogen-bond acceptors (Lipinski definition) is 5. The summed E-state index contributed by atoms with van der Waals surface area (Å²) >= 11 is 0. The molecule has 0 amide bonds. The number of nitrogens with zero attached hydrogens (tertiary/aromatic N) is 2. The van der Waals surface area contributed by atoms with Gasteiger partial charge in [-0.3, -0.25) is 4.79 Å². The second-order valence-electron chi connectivity index (χ2n) is 5.64. The van der Waals surface area contributed by atoms with Gasteiger partial charge in [0.25, 0.3) is 0 Å². The molecule has 0 saturated heterocycles. The van der Waals surface area contributed by atoms with E-state index in [9.17, 15) is 4.79 Å². The van der Waals surface area contributed by atoms with Crippen molar-refractivity contribution in [1.82, 2.24) is 9.97 Å². The number of rotatable bonds is 5. The summed E-state index contributed by atoms with van der Waals surface area (Å²) in [5, 5.41) is 0. The summed E-state index contributed by atoms with van der Waals surface area (Å²) in [5.41, 5.74) is 3.57. The van der Waals surface area contributed by atoms with Crippen LogP contribution in [-0.4, -0.2) is 22.9 Å². The van der Waals surface area contributed by atoms with E-state index in [2.05, 4.69) is 9.97 Å². The number of aryl methyl sites for hydroxylation is 1. The Balaban J connectivity index is 1.86. The summed E-state index contributed by atoms with van der Waals surface area (Å²) in [4.78, 5) is 20.2. The molecular formula is C20H18N2O3. The van der Waals surface area contributed by atoms with E-state index in [1.165, 1.54) is 12.5 Å². The lowest BCUT2D eigenvalue weighted by Gasteiger charge is -2.10. The number of methoxy groups -OCH3 is 1. The Labute approximate surface area is 146 Å². The molecule has 0 aliphatic rings. The molecule has 25 heavy (non-hydrogen) atoms. The molecule has 5 heteroatoms. The second kappa shape index (κ2) is 7.13. The first-order valence-electron chi connectivity index (χ1n) is 7.83. The van der Waals surface area contributed by atoms with Crippen molar-refractivity contribution >= 4 is 5.78 Å². The van der Waals surface area contributed by atoms with E-state index in [0.29, 0.717) is 17.1 Å². The minimum Gasteiger partial charge on any atom is -0.497 e. The van der Waals surface area contributed by atoms with Gasteiger partial charge in [0.2, 0.25) is 0 Å². The maximum atomic E-state index is 11.8. The lowest BCUT2D eigenvalue weighted by molar-refractivity contribution is 0.101. The summed E-state index contributed by atoms with van der Waals surface area (Å²) in [6, 6.07) is 13.3. The molecule has 2 aromatic carbocycles. The fourth-order valence-electron chi connectivity index (χ4n) is 2.37. The predicted molar refractivity (Wildman–Crippen MR) is 95.3 cm³/mol. The van der Waals surface area contributed by atoms with E-state index in [4.69, 9.17) is 9.47 Å². The third kappa shape index (κ3) is 3.83. The number of Topliss-reactive ketones (excluding diaryl/α,β-unsaturated/α-hetero) is 1. The average molecular weight is 334 g/mol. The third-order valence-electron chi connectivity index (χ3n) is 3.78. The Morgan fingerprint density at radius 2 is 1.64 bits per heavy atom. The van der Waals surface area contributed by atoms with Crippen LogP contribution in [0.5, 0.6) is 17.5 Å². The second-order valence-corrected chi connectivity index (χ2v) is 5.64. The monoisotopic (exact) mass is 334 g/mol. The maximum absolute atomic E-state index is 11.8. The van der Waals surface area contributed by atoms with Gasteiger partial charge >= 0.3 is 6.01 Å². The molecule has 1 heterocycles. The molecule has 0 aliphatic carbocycles. The van der Waals surface area contributed by atoms with Crippen LogP contribution >= 0.6 is 0 Å². The number of aromatic nitrogens is 2. The van der Waals surface area contributed by atoms with Crippen LogP contribution in [-0.2, 0) is 0 Å². The highest BCUT2D eigenvalue weighted by atomic mass is 16.5. The maximum Gasteiger partial charge on any atom is 0.321 e. The van der Waals surface area contributed by atoms with Crippen LogP contribution < -0.4 is 9.47 Å². The SMILES string of the molecule is COc1ccc(C(C)=O)c(Oc2ncc(-c3ccc(C)cc3)cn2)c1. The Hall–Kier alpha value is -3.21. The van der Waals surface area contributed by atoms with Crippen molar-refractivity contribution in [2.45, 2.75) is 13.8 Å². The molecule has 0 aliphatic heterocycles. The third-order valence-corrected chi connectivity index (χ3v) is 3.78. The van der Waals surface area contributed by atoms with Gasteiger partial charge in [0.15, 0.2) is 5.78 Å². The van der Waals surface area contributed by atoms with Crippen LogP contribution in [0.25, 0.3) is 11.1 Å². The van der Waals surface area contributed by atoms with Gasteiger partial charge in [-0.2, -0.15) is 0 Å².